The Morgan fingerprint density at radius 1 is 1.19 bits per heavy atom. The summed E-state index contributed by atoms with van der Waals surface area (Å²) in [5.74, 6) is 0.933. The zero-order valence-corrected chi connectivity index (χ0v) is 13.6. The van der Waals surface area contributed by atoms with Gasteiger partial charge in [-0.25, -0.2) is 9.37 Å². The van der Waals surface area contributed by atoms with Crippen molar-refractivity contribution in [1.29, 1.82) is 0 Å². The van der Waals surface area contributed by atoms with Gasteiger partial charge in [-0.2, -0.15) is 0 Å². The Labute approximate surface area is 130 Å². The summed E-state index contributed by atoms with van der Waals surface area (Å²) in [4.78, 5) is 6.57. The number of anilines is 2. The molecule has 0 fully saturated rings. The lowest BCUT2D eigenvalue weighted by molar-refractivity contribution is 0.568. The van der Waals surface area contributed by atoms with Gasteiger partial charge in [-0.1, -0.05) is 26.8 Å². The molecule has 0 radical (unpaired) electrons. The lowest BCUT2D eigenvalue weighted by Gasteiger charge is -2.24. The molecule has 1 aromatic carbocycles. The number of hydrogen-bond acceptors (Lipinski definition) is 2. The van der Waals surface area contributed by atoms with Gasteiger partial charge in [-0.3, -0.25) is 0 Å². The monoisotopic (exact) mass is 306 g/mol. The quantitative estimate of drug-likeness (QED) is 0.740. The minimum Gasteiger partial charge on any atom is -0.329 e. The fraction of sp³-hybridized carbons (Fsp3) is 0.353. The number of rotatable bonds is 3. The molecule has 2 rings (SSSR count). The molecule has 0 unspecified atom stereocenters. The van der Waals surface area contributed by atoms with E-state index in [1.54, 1.807) is 6.07 Å². The molecule has 0 amide bonds. The van der Waals surface area contributed by atoms with Crippen molar-refractivity contribution in [1.82, 2.24) is 4.98 Å². The van der Waals surface area contributed by atoms with Crippen molar-refractivity contribution in [2.24, 2.45) is 0 Å². The summed E-state index contributed by atoms with van der Waals surface area (Å²) < 4.78 is 13.4. The molecule has 0 N–H and O–H groups in total. The molecule has 0 spiro atoms. The largest absolute Gasteiger partial charge is 0.329 e. The third kappa shape index (κ3) is 3.73. The zero-order valence-electron chi connectivity index (χ0n) is 12.8. The van der Waals surface area contributed by atoms with Crippen LogP contribution >= 0.6 is 11.6 Å². The average Bonchev–Trinajstić information content (AvgIpc) is 2.45. The average molecular weight is 307 g/mol. The summed E-state index contributed by atoms with van der Waals surface area (Å²) in [6.07, 6.45) is 0. The van der Waals surface area contributed by atoms with Crippen LogP contribution in [0.2, 0.25) is 0 Å². The maximum Gasteiger partial charge on any atom is 0.133 e. The first-order valence-electron chi connectivity index (χ1n) is 6.88. The Hall–Kier alpha value is -1.61. The molecule has 2 aromatic rings. The van der Waals surface area contributed by atoms with Crippen LogP contribution in [0.25, 0.3) is 0 Å². The Kier molecular flexibility index (Phi) is 4.52. The van der Waals surface area contributed by atoms with Crippen LogP contribution in [-0.2, 0) is 11.3 Å². The first-order valence-corrected chi connectivity index (χ1v) is 7.41. The predicted molar refractivity (Wildman–Crippen MR) is 87.0 cm³/mol. The number of alkyl halides is 1. The standard InChI is InChI=1S/C17H20ClFN2/c1-17(2,3)15-8-12(11-18)9-16(20-15)21(4)14-7-5-6-13(19)10-14/h5-10H,11H2,1-4H3. The van der Waals surface area contributed by atoms with Gasteiger partial charge in [0, 0.05) is 29.7 Å². The van der Waals surface area contributed by atoms with E-state index in [0.29, 0.717) is 5.88 Å². The second-order valence-electron chi connectivity index (χ2n) is 6.14. The van der Waals surface area contributed by atoms with Crippen molar-refractivity contribution in [2.75, 3.05) is 11.9 Å². The molecule has 0 aliphatic heterocycles. The van der Waals surface area contributed by atoms with E-state index in [9.17, 15) is 4.39 Å². The highest BCUT2D eigenvalue weighted by atomic mass is 35.5. The molecule has 1 heterocycles. The van der Waals surface area contributed by atoms with Gasteiger partial charge >= 0.3 is 0 Å². The van der Waals surface area contributed by atoms with Gasteiger partial charge in [0.2, 0.25) is 0 Å². The van der Waals surface area contributed by atoms with Crippen LogP contribution in [0.1, 0.15) is 32.0 Å². The van der Waals surface area contributed by atoms with Crippen LogP contribution < -0.4 is 4.90 Å². The lowest BCUT2D eigenvalue weighted by Crippen LogP contribution is -2.18. The van der Waals surface area contributed by atoms with Gasteiger partial charge in [0.05, 0.1) is 0 Å². The van der Waals surface area contributed by atoms with Gasteiger partial charge < -0.3 is 4.90 Å². The Morgan fingerprint density at radius 2 is 1.90 bits per heavy atom. The molecule has 2 nitrogen and oxygen atoms in total. The van der Waals surface area contributed by atoms with Crippen LogP contribution in [0.15, 0.2) is 36.4 Å². The molecule has 0 aliphatic rings. The van der Waals surface area contributed by atoms with Crippen molar-refractivity contribution in [3.05, 3.63) is 53.5 Å². The molecule has 1 aromatic heterocycles. The molecule has 21 heavy (non-hydrogen) atoms. The Balaban J connectivity index is 2.47. The third-order valence-electron chi connectivity index (χ3n) is 3.33. The zero-order chi connectivity index (χ0) is 15.6. The number of aromatic nitrogens is 1. The van der Waals surface area contributed by atoms with E-state index >= 15 is 0 Å². The minimum absolute atomic E-state index is 0.0698. The maximum atomic E-state index is 13.4. The summed E-state index contributed by atoms with van der Waals surface area (Å²) in [7, 11) is 1.88. The summed E-state index contributed by atoms with van der Waals surface area (Å²) in [6, 6.07) is 10.4. The molecule has 0 saturated heterocycles. The summed E-state index contributed by atoms with van der Waals surface area (Å²) in [6.45, 7) is 6.33. The number of nitrogens with zero attached hydrogens (tertiary/aromatic N) is 2. The molecule has 0 atom stereocenters. The molecular formula is C17H20ClFN2. The number of halogens is 2. The summed E-state index contributed by atoms with van der Waals surface area (Å²) in [5.41, 5.74) is 2.67. The smallest absolute Gasteiger partial charge is 0.133 e. The van der Waals surface area contributed by atoms with Gasteiger partial charge in [0.1, 0.15) is 11.6 Å². The lowest BCUT2D eigenvalue weighted by atomic mass is 9.91. The number of benzene rings is 1. The van der Waals surface area contributed by atoms with E-state index < -0.39 is 0 Å². The van der Waals surface area contributed by atoms with Gasteiger partial charge in [-0.05, 0) is 35.9 Å². The fourth-order valence-corrected chi connectivity index (χ4v) is 2.18. The third-order valence-corrected chi connectivity index (χ3v) is 3.64. The molecule has 0 saturated carbocycles. The number of hydrogen-bond donors (Lipinski definition) is 0. The van der Waals surface area contributed by atoms with Gasteiger partial charge in [0.25, 0.3) is 0 Å². The van der Waals surface area contributed by atoms with Crippen molar-refractivity contribution in [2.45, 2.75) is 32.1 Å². The van der Waals surface area contributed by atoms with Crippen LogP contribution in [0, 0.1) is 5.82 Å². The fourth-order valence-electron chi connectivity index (χ4n) is 2.02. The molecule has 0 aliphatic carbocycles. The van der Waals surface area contributed by atoms with Crippen molar-refractivity contribution in [3.63, 3.8) is 0 Å². The molecular weight excluding hydrogens is 287 g/mol. The molecule has 4 heteroatoms. The van der Waals surface area contributed by atoms with Crippen LogP contribution in [0.4, 0.5) is 15.9 Å². The van der Waals surface area contributed by atoms with Crippen LogP contribution in [-0.4, -0.2) is 12.0 Å². The predicted octanol–water partition coefficient (Wildman–Crippen LogP) is 5.02. The Bertz CT molecular complexity index is 635. The summed E-state index contributed by atoms with van der Waals surface area (Å²) in [5, 5.41) is 0. The van der Waals surface area contributed by atoms with Gasteiger partial charge in [0.15, 0.2) is 0 Å². The van der Waals surface area contributed by atoms with E-state index in [1.165, 1.54) is 12.1 Å². The SMILES string of the molecule is CN(c1cccc(F)c1)c1cc(CCl)cc(C(C)(C)C)n1. The van der Waals surface area contributed by atoms with E-state index in [4.69, 9.17) is 16.6 Å². The Morgan fingerprint density at radius 3 is 2.48 bits per heavy atom. The first kappa shape index (κ1) is 15.8. The second kappa shape index (κ2) is 6.02. The first-order chi connectivity index (χ1) is 9.81. The maximum absolute atomic E-state index is 13.4. The van der Waals surface area contributed by atoms with Gasteiger partial charge in [-0.15, -0.1) is 11.6 Å². The highest BCUT2D eigenvalue weighted by Gasteiger charge is 2.18. The van der Waals surface area contributed by atoms with Crippen molar-refractivity contribution < 1.29 is 4.39 Å². The minimum atomic E-state index is -0.260. The normalized spacial score (nSPS) is 11.5. The highest BCUT2D eigenvalue weighted by Crippen LogP contribution is 2.28. The topological polar surface area (TPSA) is 16.1 Å². The molecule has 0 bridgehead atoms. The van der Waals surface area contributed by atoms with Crippen molar-refractivity contribution in [3.8, 4) is 0 Å². The van der Waals surface area contributed by atoms with Crippen molar-refractivity contribution >= 4 is 23.1 Å². The second-order valence-corrected chi connectivity index (χ2v) is 6.41. The highest BCUT2D eigenvalue weighted by molar-refractivity contribution is 6.17. The van der Waals surface area contributed by atoms with E-state index in [2.05, 4.69) is 20.8 Å². The van der Waals surface area contributed by atoms with E-state index in [1.807, 2.05) is 30.1 Å². The molecule has 112 valence electrons. The van der Waals surface area contributed by atoms with E-state index in [-0.39, 0.29) is 11.2 Å². The summed E-state index contributed by atoms with van der Waals surface area (Å²) >= 11 is 5.99. The number of pyridine rings is 1. The van der Waals surface area contributed by atoms with E-state index in [0.717, 1.165) is 22.8 Å². The van der Waals surface area contributed by atoms with Crippen LogP contribution in [0.3, 0.4) is 0 Å². The van der Waals surface area contributed by atoms with Crippen LogP contribution in [0.5, 0.6) is 0 Å².